The van der Waals surface area contributed by atoms with E-state index in [1.54, 1.807) is 0 Å². The van der Waals surface area contributed by atoms with E-state index < -0.39 is 16.6 Å². The van der Waals surface area contributed by atoms with Crippen LogP contribution < -0.4 is 0 Å². The molecule has 4 heavy (non-hydrogen) atoms. The average Bonchev–Trinajstić information content (AvgIpc) is 1.32. The Morgan fingerprint density at radius 3 is 3.25 bits per heavy atom. The number of hydrogen-bond donors (Lipinski definition) is 0. The molecule has 0 amide bonds. The van der Waals surface area contributed by atoms with Crippen molar-refractivity contribution in [2.24, 2.45) is 0 Å². The van der Waals surface area contributed by atoms with Crippen LogP contribution in [0.15, 0.2) is 0 Å². The molecule has 0 aliphatic carbocycles. The van der Waals surface area contributed by atoms with Crippen molar-refractivity contribution in [2.75, 3.05) is 0 Å². The van der Waals surface area contributed by atoms with E-state index in [0.29, 0.717) is 0 Å². The van der Waals surface area contributed by atoms with E-state index in [9.17, 15) is 4.20 Å². The molecule has 0 rings (SSSR count). The zero-order valence-corrected chi connectivity index (χ0v) is 4.22. The molecule has 0 N–H and O–H groups in total. The zero-order chi connectivity index (χ0) is 6.15. The fraction of sp³-hybridized carbons (Fsp3) is 0. The average molecular weight is 103 g/mol. The first-order valence-electron chi connectivity index (χ1n) is 2.23. The predicted molar refractivity (Wildman–Crippen MR) is 29.1 cm³/mol. The molecule has 1 unspecified atom stereocenters. The molecular weight excluding hydrogens is 91.8 g/mol. The number of halogens is 1. The quantitative estimate of drug-likeness (QED) is 0.327. The van der Waals surface area contributed by atoms with Crippen molar-refractivity contribution in [3.05, 3.63) is 0 Å². The molecule has 0 fully saturated rings. The van der Waals surface area contributed by atoms with Gasteiger partial charge in [-0.2, -0.15) is 0 Å². The Kier molecular flexibility index (Phi) is 1.48. The SMILES string of the molecule is [2H]P([3H])([3H])(F)PB. The first-order chi connectivity index (χ1) is 2.81. The first kappa shape index (κ1) is 1.54. The van der Waals surface area contributed by atoms with Gasteiger partial charge in [0, 0.05) is 0 Å². The van der Waals surface area contributed by atoms with E-state index in [1.807, 2.05) is 0 Å². The Hall–Kier alpha value is 0.855. The van der Waals surface area contributed by atoms with Gasteiger partial charge in [-0.3, -0.25) is 0 Å². The van der Waals surface area contributed by atoms with Crippen LogP contribution in [-0.2, 0) is 0 Å². The molecule has 26 valence electrons. The van der Waals surface area contributed by atoms with E-state index >= 15 is 0 Å². The molecule has 0 saturated heterocycles. The van der Waals surface area contributed by atoms with Gasteiger partial charge in [-0.05, 0) is 0 Å². The van der Waals surface area contributed by atoms with Crippen LogP contribution in [0, 0.1) is 0 Å². The van der Waals surface area contributed by atoms with Gasteiger partial charge in [0.15, 0.2) is 0 Å². The summed E-state index contributed by atoms with van der Waals surface area (Å²) < 4.78 is 31.0. The summed E-state index contributed by atoms with van der Waals surface area (Å²) in [4.78, 5) is 0. The van der Waals surface area contributed by atoms with Crippen LogP contribution in [0.2, 0.25) is 0 Å². The summed E-state index contributed by atoms with van der Waals surface area (Å²) in [5.41, 5.74) is 0. The molecule has 0 aliphatic rings. The van der Waals surface area contributed by atoms with Crippen molar-refractivity contribution in [3.8, 4) is 0 Å². The molecule has 0 aliphatic heterocycles. The maximum atomic E-state index is 11.9. The molecule has 0 spiro atoms. The standard InChI is InChI=1S/BFH6P2/c1-3-4-2/h3H,1H2,4H3/i4T2D. The van der Waals surface area contributed by atoms with E-state index in [1.165, 1.54) is 7.57 Å². The van der Waals surface area contributed by atoms with Crippen molar-refractivity contribution in [2.45, 2.75) is 0 Å². The van der Waals surface area contributed by atoms with Crippen LogP contribution in [0.4, 0.5) is 4.20 Å². The van der Waals surface area contributed by atoms with Gasteiger partial charge in [0.25, 0.3) is 0 Å². The molecule has 0 radical (unpaired) electrons. The van der Waals surface area contributed by atoms with Gasteiger partial charge in [-0.25, -0.2) is 0 Å². The monoisotopic (exact) mass is 103 g/mol. The summed E-state index contributed by atoms with van der Waals surface area (Å²) in [6.07, 6.45) is 0. The second kappa shape index (κ2) is 3.85. The van der Waals surface area contributed by atoms with Gasteiger partial charge >= 0.3 is 32.2 Å². The summed E-state index contributed by atoms with van der Waals surface area (Å²) in [7, 11) is -3.95. The number of hydrogen-bond acceptors (Lipinski definition) is 0. The van der Waals surface area contributed by atoms with Gasteiger partial charge in [0.2, 0.25) is 0 Å². The van der Waals surface area contributed by atoms with E-state index in [0.717, 1.165) is 0 Å². The summed E-state index contributed by atoms with van der Waals surface area (Å²) in [6.45, 7) is 0. The third-order valence-corrected chi connectivity index (χ3v) is 0.761. The molecule has 0 aromatic rings. The van der Waals surface area contributed by atoms with E-state index in [4.69, 9.17) is 3.84 Å². The molecular formula is H6BFP2. The topological polar surface area (TPSA) is 0 Å². The zero-order valence-electron chi connectivity index (χ0n) is 5.33. The molecule has 0 aromatic heterocycles. The van der Waals surface area contributed by atoms with Gasteiger partial charge in [0.05, 0.1) is 0 Å². The van der Waals surface area contributed by atoms with Crippen molar-refractivity contribution in [1.29, 1.82) is 3.84 Å². The first-order valence-corrected chi connectivity index (χ1v) is 4.02. The minimum absolute atomic E-state index is 0.516. The van der Waals surface area contributed by atoms with Gasteiger partial charge in [-0.1, -0.05) is 0 Å². The maximum absolute atomic E-state index is 11.9. The van der Waals surface area contributed by atoms with Crippen LogP contribution in [0.3, 0.4) is 0 Å². The van der Waals surface area contributed by atoms with Gasteiger partial charge < -0.3 is 0 Å². The van der Waals surface area contributed by atoms with Crippen LogP contribution in [0.5, 0.6) is 0 Å². The van der Waals surface area contributed by atoms with Crippen molar-refractivity contribution in [1.82, 2.24) is 0 Å². The second-order valence-electron chi connectivity index (χ2n) is 0.308. The van der Waals surface area contributed by atoms with E-state index in [-0.39, 0.29) is 0 Å². The molecule has 0 aromatic carbocycles. The van der Waals surface area contributed by atoms with Gasteiger partial charge in [0.1, 0.15) is 0 Å². The van der Waals surface area contributed by atoms with E-state index in [2.05, 4.69) is 0 Å². The van der Waals surface area contributed by atoms with Crippen LogP contribution in [0.1, 0.15) is 0 Å². The summed E-state index contributed by atoms with van der Waals surface area (Å²) in [5, 5.41) is 0. The fourth-order valence-corrected chi connectivity index (χ4v) is 0. The molecule has 0 nitrogen and oxygen atoms in total. The Morgan fingerprint density at radius 1 is 3.00 bits per heavy atom. The van der Waals surface area contributed by atoms with Crippen LogP contribution in [0.25, 0.3) is 0 Å². The third-order valence-electron chi connectivity index (χ3n) is 0.0845. The van der Waals surface area contributed by atoms with Gasteiger partial charge in [-0.15, -0.1) is 0 Å². The molecule has 0 bridgehead atoms. The van der Waals surface area contributed by atoms with Crippen LogP contribution in [-0.4, -0.2) is 11.4 Å². The van der Waals surface area contributed by atoms with Crippen LogP contribution >= 0.6 is 16.6 Å². The Balaban J connectivity index is 3.83. The van der Waals surface area contributed by atoms with Crippen molar-refractivity contribution < 1.29 is 4.20 Å². The number of rotatable bonds is 1. The summed E-state index contributed by atoms with van der Waals surface area (Å²) in [6, 6.07) is 0. The summed E-state index contributed by atoms with van der Waals surface area (Å²) in [5.74, 6) is 0. The summed E-state index contributed by atoms with van der Waals surface area (Å²) >= 11 is 0. The second-order valence-corrected chi connectivity index (χ2v) is 2.77. The minimum atomic E-state index is -4.80. The third kappa shape index (κ3) is 2.85. The predicted octanol–water partition coefficient (Wildman–Crippen LogP) is 0.156. The molecule has 1 atom stereocenters. The Bertz CT molecular complexity index is 65.5. The fourth-order valence-electron chi connectivity index (χ4n) is 0. The Morgan fingerprint density at radius 2 is 3.25 bits per heavy atom. The Labute approximate surface area is 33.3 Å². The molecule has 0 heterocycles. The van der Waals surface area contributed by atoms with Crippen molar-refractivity contribution in [3.63, 3.8) is 0 Å². The normalized spacial score (nSPS) is 35.2. The molecule has 4 heteroatoms. The van der Waals surface area contributed by atoms with Crippen molar-refractivity contribution >= 4 is 24.1 Å². The molecule has 0 saturated carbocycles.